The highest BCUT2D eigenvalue weighted by Gasteiger charge is 2.17. The Balaban J connectivity index is 3.15. The Morgan fingerprint density at radius 2 is 2.33 bits per heavy atom. The van der Waals surface area contributed by atoms with Crippen molar-refractivity contribution in [3.63, 3.8) is 0 Å². The van der Waals surface area contributed by atoms with Crippen molar-refractivity contribution >= 4 is 27.6 Å². The molecule has 0 aliphatic heterocycles. The van der Waals surface area contributed by atoms with Gasteiger partial charge in [0.25, 0.3) is 0 Å². The Kier molecular flexibility index (Phi) is 3.90. The molecule has 82 valence electrons. The van der Waals surface area contributed by atoms with Crippen LogP contribution in [0.2, 0.25) is 0 Å². The van der Waals surface area contributed by atoms with Gasteiger partial charge in [0, 0.05) is 0 Å². The Morgan fingerprint density at radius 1 is 1.67 bits per heavy atom. The Hall–Kier alpha value is -1.30. The van der Waals surface area contributed by atoms with E-state index in [1.165, 1.54) is 13.2 Å². The zero-order valence-corrected chi connectivity index (χ0v) is 10.00. The van der Waals surface area contributed by atoms with E-state index in [1.54, 1.807) is 6.92 Å². The van der Waals surface area contributed by atoms with Crippen LogP contribution in [0.15, 0.2) is 10.7 Å². The van der Waals surface area contributed by atoms with E-state index in [-0.39, 0.29) is 18.1 Å². The molecule has 5 nitrogen and oxygen atoms in total. The lowest BCUT2D eigenvalue weighted by Gasteiger charge is -2.08. The lowest BCUT2D eigenvalue weighted by molar-refractivity contribution is 0.0522. The summed E-state index contributed by atoms with van der Waals surface area (Å²) in [5, 5.41) is 0. The van der Waals surface area contributed by atoms with E-state index >= 15 is 0 Å². The molecule has 0 bridgehead atoms. The second-order valence-electron chi connectivity index (χ2n) is 2.65. The molecule has 0 aliphatic rings. The van der Waals surface area contributed by atoms with E-state index < -0.39 is 5.97 Å². The molecule has 0 spiro atoms. The first-order valence-corrected chi connectivity index (χ1v) is 5.06. The first-order valence-electron chi connectivity index (χ1n) is 4.27. The highest BCUT2D eigenvalue weighted by atomic mass is 79.9. The number of nitrogens with two attached hydrogens (primary N) is 1. The van der Waals surface area contributed by atoms with Gasteiger partial charge in [-0.3, -0.25) is 0 Å². The van der Waals surface area contributed by atoms with Gasteiger partial charge in [-0.05, 0) is 28.9 Å². The first-order chi connectivity index (χ1) is 7.10. The number of nitrogen functional groups attached to an aromatic ring is 1. The molecular weight excluding hydrogens is 264 g/mol. The topological polar surface area (TPSA) is 74.4 Å². The SMILES string of the molecule is CCOC(=O)c1cc(N)c(Br)nc1OC. The lowest BCUT2D eigenvalue weighted by Crippen LogP contribution is -2.09. The fourth-order valence-electron chi connectivity index (χ4n) is 1.00. The molecule has 1 heterocycles. The van der Waals surface area contributed by atoms with Crippen LogP contribution in [0.4, 0.5) is 5.69 Å². The standard InChI is InChI=1S/C9H11BrN2O3/c1-3-15-9(13)5-4-6(11)7(10)12-8(5)14-2/h4H,3,11H2,1-2H3. The monoisotopic (exact) mass is 274 g/mol. The minimum Gasteiger partial charge on any atom is -0.480 e. The van der Waals surface area contributed by atoms with Crippen molar-refractivity contribution in [2.24, 2.45) is 0 Å². The average Bonchev–Trinajstić information content (AvgIpc) is 2.21. The van der Waals surface area contributed by atoms with Crippen LogP contribution in [0.1, 0.15) is 17.3 Å². The van der Waals surface area contributed by atoms with Crippen LogP contribution in [0.3, 0.4) is 0 Å². The van der Waals surface area contributed by atoms with Crippen LogP contribution in [0.25, 0.3) is 0 Å². The molecule has 0 amide bonds. The van der Waals surface area contributed by atoms with E-state index in [1.807, 2.05) is 0 Å². The van der Waals surface area contributed by atoms with Crippen LogP contribution >= 0.6 is 15.9 Å². The summed E-state index contributed by atoms with van der Waals surface area (Å²) >= 11 is 3.14. The molecule has 0 atom stereocenters. The number of hydrogen-bond donors (Lipinski definition) is 1. The van der Waals surface area contributed by atoms with Crippen molar-refractivity contribution in [1.82, 2.24) is 4.98 Å². The Labute approximate surface area is 95.7 Å². The number of rotatable bonds is 3. The fraction of sp³-hybridized carbons (Fsp3) is 0.333. The minimum atomic E-state index is -0.499. The predicted molar refractivity (Wildman–Crippen MR) is 58.9 cm³/mol. The summed E-state index contributed by atoms with van der Waals surface area (Å²) in [4.78, 5) is 15.4. The number of aromatic nitrogens is 1. The van der Waals surface area contributed by atoms with Gasteiger partial charge in [0.1, 0.15) is 10.2 Å². The minimum absolute atomic E-state index is 0.189. The molecule has 0 unspecified atom stereocenters. The highest BCUT2D eigenvalue weighted by Crippen LogP contribution is 2.25. The normalized spacial score (nSPS) is 9.80. The molecule has 1 aromatic rings. The van der Waals surface area contributed by atoms with E-state index in [0.29, 0.717) is 10.3 Å². The maximum Gasteiger partial charge on any atom is 0.343 e. The second kappa shape index (κ2) is 4.97. The van der Waals surface area contributed by atoms with Crippen molar-refractivity contribution in [3.8, 4) is 5.88 Å². The van der Waals surface area contributed by atoms with Crippen molar-refractivity contribution in [3.05, 3.63) is 16.2 Å². The van der Waals surface area contributed by atoms with Crippen molar-refractivity contribution in [2.45, 2.75) is 6.92 Å². The van der Waals surface area contributed by atoms with Gasteiger partial charge in [-0.15, -0.1) is 0 Å². The van der Waals surface area contributed by atoms with Crippen molar-refractivity contribution < 1.29 is 14.3 Å². The van der Waals surface area contributed by atoms with Crippen LogP contribution in [-0.4, -0.2) is 24.7 Å². The molecule has 0 radical (unpaired) electrons. The number of ether oxygens (including phenoxy) is 2. The quantitative estimate of drug-likeness (QED) is 0.670. The van der Waals surface area contributed by atoms with E-state index in [2.05, 4.69) is 20.9 Å². The van der Waals surface area contributed by atoms with Crippen LogP contribution in [0.5, 0.6) is 5.88 Å². The lowest BCUT2D eigenvalue weighted by atomic mass is 10.2. The molecule has 0 aliphatic carbocycles. The Morgan fingerprint density at radius 3 is 2.87 bits per heavy atom. The maximum atomic E-state index is 11.5. The summed E-state index contributed by atoms with van der Waals surface area (Å²) in [6.45, 7) is 2.01. The van der Waals surface area contributed by atoms with Crippen molar-refractivity contribution in [2.75, 3.05) is 19.5 Å². The third-order valence-electron chi connectivity index (χ3n) is 1.66. The number of nitrogens with zero attached hydrogens (tertiary/aromatic N) is 1. The number of anilines is 1. The second-order valence-corrected chi connectivity index (χ2v) is 3.40. The van der Waals surface area contributed by atoms with E-state index in [0.717, 1.165) is 0 Å². The number of halogens is 1. The van der Waals surface area contributed by atoms with Gasteiger partial charge >= 0.3 is 5.97 Å². The molecule has 0 aromatic carbocycles. The smallest absolute Gasteiger partial charge is 0.343 e. The van der Waals surface area contributed by atoms with Gasteiger partial charge in [0.15, 0.2) is 0 Å². The molecule has 1 rings (SSSR count). The number of esters is 1. The van der Waals surface area contributed by atoms with E-state index in [9.17, 15) is 4.79 Å². The number of carbonyl (C=O) groups excluding carboxylic acids is 1. The summed E-state index contributed by atoms with van der Waals surface area (Å²) < 4.78 is 10.2. The molecule has 0 fully saturated rings. The fourth-order valence-corrected chi connectivity index (χ4v) is 1.28. The number of carbonyl (C=O) groups is 1. The van der Waals surface area contributed by atoms with Crippen LogP contribution in [-0.2, 0) is 4.74 Å². The van der Waals surface area contributed by atoms with Gasteiger partial charge < -0.3 is 15.2 Å². The molecule has 0 saturated carbocycles. The van der Waals surface area contributed by atoms with Gasteiger partial charge in [-0.25, -0.2) is 9.78 Å². The summed E-state index contributed by atoms with van der Waals surface area (Å²) in [6.07, 6.45) is 0. The van der Waals surface area contributed by atoms with Crippen LogP contribution < -0.4 is 10.5 Å². The van der Waals surface area contributed by atoms with Gasteiger partial charge in [0.05, 0.1) is 19.4 Å². The Bertz CT molecular complexity index is 382. The molecule has 1 aromatic heterocycles. The van der Waals surface area contributed by atoms with E-state index in [4.69, 9.17) is 15.2 Å². The summed E-state index contributed by atoms with van der Waals surface area (Å²) in [5.74, 6) is -0.310. The first kappa shape index (κ1) is 11.8. The molecule has 6 heteroatoms. The predicted octanol–water partition coefficient (Wildman–Crippen LogP) is 1.61. The average molecular weight is 275 g/mol. The third-order valence-corrected chi connectivity index (χ3v) is 2.29. The molecular formula is C9H11BrN2O3. The molecule has 0 saturated heterocycles. The summed E-state index contributed by atoms with van der Waals surface area (Å²) in [5.41, 5.74) is 6.19. The molecule has 15 heavy (non-hydrogen) atoms. The zero-order valence-electron chi connectivity index (χ0n) is 8.41. The number of hydrogen-bond acceptors (Lipinski definition) is 5. The maximum absolute atomic E-state index is 11.5. The van der Waals surface area contributed by atoms with Crippen molar-refractivity contribution in [1.29, 1.82) is 0 Å². The summed E-state index contributed by atoms with van der Waals surface area (Å²) in [6, 6.07) is 1.47. The van der Waals surface area contributed by atoms with Crippen LogP contribution in [0, 0.1) is 0 Å². The molecule has 2 N–H and O–H groups in total. The largest absolute Gasteiger partial charge is 0.480 e. The highest BCUT2D eigenvalue weighted by molar-refractivity contribution is 9.10. The van der Waals surface area contributed by atoms with Gasteiger partial charge in [-0.2, -0.15) is 0 Å². The van der Waals surface area contributed by atoms with Gasteiger partial charge in [-0.1, -0.05) is 0 Å². The number of pyridine rings is 1. The summed E-state index contributed by atoms with van der Waals surface area (Å²) in [7, 11) is 1.42. The third kappa shape index (κ3) is 2.59. The van der Waals surface area contributed by atoms with Gasteiger partial charge in [0.2, 0.25) is 5.88 Å². The zero-order chi connectivity index (χ0) is 11.4. The number of methoxy groups -OCH3 is 1.